The van der Waals surface area contributed by atoms with E-state index in [9.17, 15) is 14.5 Å². The summed E-state index contributed by atoms with van der Waals surface area (Å²) < 4.78 is 21.8. The average Bonchev–Trinajstić information content (AvgIpc) is 3.19. The molecule has 1 atom stereocenters. The molecule has 7 nitrogen and oxygen atoms in total. The number of hydrogen-bond donors (Lipinski definition) is 0. The van der Waals surface area contributed by atoms with E-state index in [0.29, 0.717) is 33.5 Å². The number of aromatic nitrogens is 3. The van der Waals surface area contributed by atoms with Crippen LogP contribution in [0.5, 0.6) is 5.75 Å². The standard InChI is InChI=1S/C25H22BrFN4O3S/c1-16-3-5-18(6-4-16)15-34-23-12-7-19(13-22(23)26)24(14-30(32)33)35-25-29-28-17(2)31(25)21-10-8-20(27)9-11-21/h3-13,24H,14-15H2,1-2H3/t24-/m0/s1. The first-order chi connectivity index (χ1) is 16.8. The molecule has 3 aromatic carbocycles. The van der Waals surface area contributed by atoms with Crippen LogP contribution in [0.4, 0.5) is 4.39 Å². The molecule has 0 aliphatic heterocycles. The molecular formula is C25H22BrFN4O3S. The Balaban J connectivity index is 1.56. The zero-order valence-corrected chi connectivity index (χ0v) is 21.4. The van der Waals surface area contributed by atoms with E-state index in [1.165, 1.54) is 29.5 Å². The predicted octanol–water partition coefficient (Wildman–Crippen LogP) is 6.47. The number of rotatable bonds is 9. The molecule has 0 saturated heterocycles. The van der Waals surface area contributed by atoms with Gasteiger partial charge < -0.3 is 4.74 Å². The lowest BCUT2D eigenvalue weighted by Crippen LogP contribution is -2.11. The summed E-state index contributed by atoms with van der Waals surface area (Å²) in [4.78, 5) is 11.1. The van der Waals surface area contributed by atoms with Gasteiger partial charge in [0.1, 0.15) is 29.2 Å². The molecule has 4 aromatic rings. The third-order valence-corrected chi connectivity index (χ3v) is 7.09. The van der Waals surface area contributed by atoms with Gasteiger partial charge in [0.15, 0.2) is 5.16 Å². The number of benzene rings is 3. The van der Waals surface area contributed by atoms with Crippen molar-refractivity contribution in [2.75, 3.05) is 6.54 Å². The highest BCUT2D eigenvalue weighted by molar-refractivity contribution is 9.10. The van der Waals surface area contributed by atoms with Crippen molar-refractivity contribution >= 4 is 27.7 Å². The minimum Gasteiger partial charge on any atom is -0.488 e. The monoisotopic (exact) mass is 556 g/mol. The van der Waals surface area contributed by atoms with E-state index in [0.717, 1.165) is 11.1 Å². The van der Waals surface area contributed by atoms with Gasteiger partial charge in [-0.3, -0.25) is 14.7 Å². The number of nitrogens with zero attached hydrogens (tertiary/aromatic N) is 4. The van der Waals surface area contributed by atoms with E-state index in [4.69, 9.17) is 4.74 Å². The van der Waals surface area contributed by atoms with Crippen LogP contribution in [0.2, 0.25) is 0 Å². The Hall–Kier alpha value is -3.24. The lowest BCUT2D eigenvalue weighted by Gasteiger charge is -2.16. The highest BCUT2D eigenvalue weighted by Crippen LogP contribution is 2.38. The number of nitro groups is 1. The normalized spacial score (nSPS) is 11.9. The zero-order valence-electron chi connectivity index (χ0n) is 19.0. The number of thioether (sulfide) groups is 1. The molecule has 0 saturated carbocycles. The van der Waals surface area contributed by atoms with Crippen molar-refractivity contribution in [1.82, 2.24) is 14.8 Å². The summed E-state index contributed by atoms with van der Waals surface area (Å²) in [5.74, 6) is 0.888. The maximum atomic E-state index is 13.4. The van der Waals surface area contributed by atoms with Gasteiger partial charge in [-0.15, -0.1) is 10.2 Å². The lowest BCUT2D eigenvalue weighted by molar-refractivity contribution is -0.479. The Morgan fingerprint density at radius 3 is 2.46 bits per heavy atom. The minimum atomic E-state index is -0.532. The van der Waals surface area contributed by atoms with Crippen molar-refractivity contribution in [2.45, 2.75) is 30.9 Å². The first-order valence-corrected chi connectivity index (χ1v) is 12.4. The number of ether oxygens (including phenoxy) is 1. The first-order valence-electron chi connectivity index (χ1n) is 10.7. The Labute approximate surface area is 214 Å². The SMILES string of the molecule is Cc1ccc(COc2ccc([C@H](C[N+](=O)[O-])Sc3nnc(C)n3-c3ccc(F)cc3)cc2Br)cc1. The van der Waals surface area contributed by atoms with Crippen LogP contribution in [-0.2, 0) is 6.61 Å². The van der Waals surface area contributed by atoms with Gasteiger partial charge in [0.25, 0.3) is 0 Å². The molecule has 0 amide bonds. The van der Waals surface area contributed by atoms with Gasteiger partial charge in [-0.05, 0) is 77.3 Å². The summed E-state index contributed by atoms with van der Waals surface area (Å²) in [7, 11) is 0. The van der Waals surface area contributed by atoms with E-state index >= 15 is 0 Å². The molecule has 4 rings (SSSR count). The van der Waals surface area contributed by atoms with E-state index in [-0.39, 0.29) is 17.3 Å². The summed E-state index contributed by atoms with van der Waals surface area (Å²) in [6.45, 7) is 3.91. The molecule has 0 N–H and O–H groups in total. The van der Waals surface area contributed by atoms with Gasteiger partial charge in [-0.2, -0.15) is 0 Å². The van der Waals surface area contributed by atoms with E-state index in [1.807, 2.05) is 43.3 Å². The van der Waals surface area contributed by atoms with Gasteiger partial charge in [-0.1, -0.05) is 47.7 Å². The quantitative estimate of drug-likeness (QED) is 0.133. The van der Waals surface area contributed by atoms with Crippen LogP contribution in [0.15, 0.2) is 76.4 Å². The van der Waals surface area contributed by atoms with E-state index in [2.05, 4.69) is 26.1 Å². The molecule has 1 heterocycles. The van der Waals surface area contributed by atoms with Gasteiger partial charge >= 0.3 is 0 Å². The van der Waals surface area contributed by atoms with E-state index in [1.54, 1.807) is 29.7 Å². The Morgan fingerprint density at radius 2 is 1.80 bits per heavy atom. The van der Waals surface area contributed by atoms with Crippen molar-refractivity contribution in [2.24, 2.45) is 0 Å². The fourth-order valence-electron chi connectivity index (χ4n) is 3.46. The summed E-state index contributed by atoms with van der Waals surface area (Å²) >= 11 is 4.78. The topological polar surface area (TPSA) is 83.1 Å². The second-order valence-electron chi connectivity index (χ2n) is 7.93. The zero-order chi connectivity index (χ0) is 24.9. The molecule has 0 radical (unpaired) electrons. The van der Waals surface area contributed by atoms with Crippen LogP contribution >= 0.6 is 27.7 Å². The first kappa shape index (κ1) is 24.9. The molecule has 0 aliphatic carbocycles. The summed E-state index contributed by atoms with van der Waals surface area (Å²) in [5, 5.41) is 19.8. The largest absolute Gasteiger partial charge is 0.488 e. The maximum Gasteiger partial charge on any atom is 0.220 e. The Kier molecular flexibility index (Phi) is 7.82. The highest BCUT2D eigenvalue weighted by Gasteiger charge is 2.24. The second kappa shape index (κ2) is 11.0. The van der Waals surface area contributed by atoms with Gasteiger partial charge in [0.2, 0.25) is 6.54 Å². The molecule has 0 bridgehead atoms. The fourth-order valence-corrected chi connectivity index (χ4v) is 5.14. The molecule has 0 spiro atoms. The molecular weight excluding hydrogens is 535 g/mol. The number of aryl methyl sites for hydroxylation is 2. The third kappa shape index (κ3) is 6.26. The average molecular weight is 557 g/mol. The van der Waals surface area contributed by atoms with Crippen LogP contribution < -0.4 is 4.74 Å². The van der Waals surface area contributed by atoms with Crippen LogP contribution in [-0.4, -0.2) is 26.2 Å². The van der Waals surface area contributed by atoms with Crippen molar-refractivity contribution in [1.29, 1.82) is 0 Å². The Morgan fingerprint density at radius 1 is 1.09 bits per heavy atom. The molecule has 0 fully saturated rings. The molecule has 180 valence electrons. The fraction of sp³-hybridized carbons (Fsp3) is 0.200. The van der Waals surface area contributed by atoms with Crippen molar-refractivity contribution < 1.29 is 14.1 Å². The molecule has 0 aliphatic rings. The van der Waals surface area contributed by atoms with Crippen LogP contribution in [0, 0.1) is 29.8 Å². The smallest absolute Gasteiger partial charge is 0.220 e. The van der Waals surface area contributed by atoms with Crippen molar-refractivity contribution in [3.8, 4) is 11.4 Å². The van der Waals surface area contributed by atoms with Crippen LogP contribution in [0.25, 0.3) is 5.69 Å². The van der Waals surface area contributed by atoms with Gasteiger partial charge in [-0.25, -0.2) is 4.39 Å². The van der Waals surface area contributed by atoms with Crippen LogP contribution in [0.3, 0.4) is 0 Å². The van der Waals surface area contributed by atoms with Crippen LogP contribution in [0.1, 0.15) is 27.8 Å². The van der Waals surface area contributed by atoms with Crippen molar-refractivity contribution in [3.05, 3.63) is 110 Å². The number of hydrogen-bond acceptors (Lipinski definition) is 6. The van der Waals surface area contributed by atoms with E-state index < -0.39 is 5.25 Å². The molecule has 1 aromatic heterocycles. The predicted molar refractivity (Wildman–Crippen MR) is 136 cm³/mol. The second-order valence-corrected chi connectivity index (χ2v) is 9.95. The van der Waals surface area contributed by atoms with Crippen molar-refractivity contribution in [3.63, 3.8) is 0 Å². The third-order valence-electron chi connectivity index (χ3n) is 5.29. The van der Waals surface area contributed by atoms with Gasteiger partial charge in [0.05, 0.1) is 4.47 Å². The Bertz CT molecular complexity index is 1330. The lowest BCUT2D eigenvalue weighted by atomic mass is 10.1. The van der Waals surface area contributed by atoms with Gasteiger partial charge in [0, 0.05) is 10.6 Å². The number of halogens is 2. The summed E-state index contributed by atoms with van der Waals surface area (Å²) in [6, 6.07) is 19.5. The summed E-state index contributed by atoms with van der Waals surface area (Å²) in [5.41, 5.74) is 3.65. The molecule has 0 unspecified atom stereocenters. The highest BCUT2D eigenvalue weighted by atomic mass is 79.9. The molecule has 10 heteroatoms. The summed E-state index contributed by atoms with van der Waals surface area (Å²) in [6.07, 6.45) is 0. The minimum absolute atomic E-state index is 0.310. The molecule has 35 heavy (non-hydrogen) atoms. The maximum absolute atomic E-state index is 13.4.